The van der Waals surface area contributed by atoms with E-state index in [0.29, 0.717) is 11.5 Å². The second-order valence-electron chi connectivity index (χ2n) is 11.4. The van der Waals surface area contributed by atoms with Gasteiger partial charge in [-0.05, 0) is 95.8 Å². The summed E-state index contributed by atoms with van der Waals surface area (Å²) in [6, 6.07) is 9.11. The van der Waals surface area contributed by atoms with Crippen molar-refractivity contribution in [2.45, 2.75) is 92.5 Å². The first kappa shape index (κ1) is 40.5. The SMILES string of the molecule is C=C/C(=C\N(C)C)c1cccc(C2=CC=C(/C(C=NC)=C/CC)C(CC3CC4(CC(CC)C4)C3)N2)c1.C=O.C=O.CC.CC.[HH].[HH]. The first-order valence-corrected chi connectivity index (χ1v) is 16.4. The number of rotatable bonds is 10. The van der Waals surface area contributed by atoms with Crippen molar-refractivity contribution in [3.8, 4) is 0 Å². The zero-order valence-corrected chi connectivity index (χ0v) is 29.3. The molecule has 1 aromatic carbocycles. The highest BCUT2D eigenvalue weighted by molar-refractivity contribution is 5.86. The van der Waals surface area contributed by atoms with Crippen LogP contribution in [0.2, 0.25) is 0 Å². The van der Waals surface area contributed by atoms with E-state index in [2.05, 4.69) is 84.3 Å². The molecular weight excluding hydrogens is 542 g/mol. The fraction of sp³-hybridized carbons (Fsp3) is 0.513. The summed E-state index contributed by atoms with van der Waals surface area (Å²) in [5.74, 6) is 1.80. The molecule has 0 saturated heterocycles. The van der Waals surface area contributed by atoms with Crippen molar-refractivity contribution in [2.75, 3.05) is 21.1 Å². The molecule has 1 heterocycles. The smallest absolute Gasteiger partial charge is 0.106 e. The van der Waals surface area contributed by atoms with Crippen molar-refractivity contribution < 1.29 is 12.4 Å². The molecule has 248 valence electrons. The number of allylic oxidation sites excluding steroid dienone is 5. The molecule has 44 heavy (non-hydrogen) atoms. The summed E-state index contributed by atoms with van der Waals surface area (Å²) in [4.78, 5) is 22.4. The molecule has 0 aromatic heterocycles. The van der Waals surface area contributed by atoms with Crippen LogP contribution in [0.1, 0.15) is 100 Å². The van der Waals surface area contributed by atoms with Gasteiger partial charge in [0, 0.05) is 42.1 Å². The predicted molar refractivity (Wildman–Crippen MR) is 198 cm³/mol. The van der Waals surface area contributed by atoms with E-state index >= 15 is 0 Å². The van der Waals surface area contributed by atoms with Gasteiger partial charge in [0.1, 0.15) is 13.6 Å². The number of hydrogen-bond donors (Lipinski definition) is 1. The van der Waals surface area contributed by atoms with Crippen LogP contribution in [0, 0.1) is 17.3 Å². The zero-order valence-electron chi connectivity index (χ0n) is 29.3. The molecule has 1 spiro atoms. The number of carbonyl (C=O) groups excluding carboxylic acids is 2. The van der Waals surface area contributed by atoms with E-state index in [9.17, 15) is 0 Å². The lowest BCUT2D eigenvalue weighted by atomic mass is 9.47. The summed E-state index contributed by atoms with van der Waals surface area (Å²) >= 11 is 0. The molecule has 5 nitrogen and oxygen atoms in total. The monoisotopic (exact) mass is 608 g/mol. The first-order valence-electron chi connectivity index (χ1n) is 16.4. The number of nitrogens with one attached hydrogen (secondary N) is 1. The van der Waals surface area contributed by atoms with Gasteiger partial charge >= 0.3 is 0 Å². The van der Waals surface area contributed by atoms with Crippen molar-refractivity contribution in [1.82, 2.24) is 10.2 Å². The molecule has 0 amide bonds. The van der Waals surface area contributed by atoms with Crippen LogP contribution in [-0.2, 0) is 9.59 Å². The maximum absolute atomic E-state index is 8.00. The van der Waals surface area contributed by atoms with Gasteiger partial charge in [-0.3, -0.25) is 4.99 Å². The topological polar surface area (TPSA) is 61.8 Å². The van der Waals surface area contributed by atoms with Crippen LogP contribution in [0.15, 0.2) is 77.5 Å². The molecule has 2 aliphatic carbocycles. The van der Waals surface area contributed by atoms with Crippen LogP contribution in [-0.4, -0.2) is 51.9 Å². The number of nitrogens with zero attached hydrogens (tertiary/aromatic N) is 2. The Labute approximate surface area is 273 Å². The van der Waals surface area contributed by atoms with E-state index in [-0.39, 0.29) is 2.85 Å². The Hall–Kier alpha value is -3.47. The fourth-order valence-corrected chi connectivity index (χ4v) is 6.71. The summed E-state index contributed by atoms with van der Waals surface area (Å²) in [6.45, 7) is 20.6. The summed E-state index contributed by atoms with van der Waals surface area (Å²) in [7, 11) is 5.97. The molecule has 3 aliphatic rings. The molecule has 0 radical (unpaired) electrons. The Kier molecular flexibility index (Phi) is 20.4. The summed E-state index contributed by atoms with van der Waals surface area (Å²) in [5, 5.41) is 3.96. The maximum Gasteiger partial charge on any atom is 0.106 e. The van der Waals surface area contributed by atoms with E-state index < -0.39 is 0 Å². The van der Waals surface area contributed by atoms with Gasteiger partial charge in [0.2, 0.25) is 0 Å². The minimum absolute atomic E-state index is 0. The Morgan fingerprint density at radius 3 is 2.14 bits per heavy atom. The Morgan fingerprint density at radius 1 is 1.00 bits per heavy atom. The van der Waals surface area contributed by atoms with E-state index in [4.69, 9.17) is 9.59 Å². The van der Waals surface area contributed by atoms with Gasteiger partial charge in [-0.2, -0.15) is 0 Å². The molecule has 5 heteroatoms. The van der Waals surface area contributed by atoms with E-state index in [1.165, 1.54) is 66.5 Å². The predicted octanol–water partition coefficient (Wildman–Crippen LogP) is 9.83. The molecule has 1 aliphatic heterocycles. The molecule has 1 unspecified atom stereocenters. The third-order valence-electron chi connectivity index (χ3n) is 8.32. The fourth-order valence-electron chi connectivity index (χ4n) is 6.71. The lowest BCUT2D eigenvalue weighted by Gasteiger charge is -2.58. The zero-order chi connectivity index (χ0) is 33.7. The van der Waals surface area contributed by atoms with Crippen LogP contribution in [0.4, 0.5) is 0 Å². The van der Waals surface area contributed by atoms with E-state index in [1.807, 2.05) is 74.7 Å². The molecule has 2 saturated carbocycles. The molecule has 1 atom stereocenters. The van der Waals surface area contributed by atoms with Crippen LogP contribution < -0.4 is 5.32 Å². The van der Waals surface area contributed by atoms with E-state index in [0.717, 1.165) is 23.8 Å². The summed E-state index contributed by atoms with van der Waals surface area (Å²) < 4.78 is 0. The standard InChI is InChI=1S/C33H45N3.2C2H6.2CH2O.2H2/c1-7-11-29(22-34-4)30-14-15-31(28-13-10-12-27(17-28)26(9-3)23-36(5)6)35-32(30)16-25-20-33(21-25)18-24(8-2)19-33;4*1-2;;/h9-15,17,22-25,32,35H,3,7-8,16,18-21H2,1-2,4-6H3;2*1-2H3;2*1H2;2*1H/b26-23+,29-11+,34-22?;;;;;;. The number of benzene rings is 1. The summed E-state index contributed by atoms with van der Waals surface area (Å²) in [6.07, 6.45) is 22.3. The van der Waals surface area contributed by atoms with Crippen molar-refractivity contribution in [3.63, 3.8) is 0 Å². The average molecular weight is 608 g/mol. The average Bonchev–Trinajstić information content (AvgIpc) is 3.04. The Morgan fingerprint density at radius 2 is 1.61 bits per heavy atom. The molecule has 4 rings (SSSR count). The van der Waals surface area contributed by atoms with Gasteiger partial charge in [-0.25, -0.2) is 0 Å². The third kappa shape index (κ3) is 11.2. The van der Waals surface area contributed by atoms with Gasteiger partial charge in [0.15, 0.2) is 0 Å². The van der Waals surface area contributed by atoms with Crippen LogP contribution in [0.3, 0.4) is 0 Å². The first-order chi connectivity index (χ1) is 21.4. The minimum atomic E-state index is 0. The highest BCUT2D eigenvalue weighted by Gasteiger charge is 2.52. The van der Waals surface area contributed by atoms with Crippen LogP contribution in [0.5, 0.6) is 0 Å². The van der Waals surface area contributed by atoms with Crippen molar-refractivity contribution in [1.29, 1.82) is 0 Å². The maximum atomic E-state index is 8.00. The van der Waals surface area contributed by atoms with Gasteiger partial charge < -0.3 is 19.8 Å². The van der Waals surface area contributed by atoms with Crippen molar-refractivity contribution in [2.24, 2.45) is 22.2 Å². The number of hydrogen-bond acceptors (Lipinski definition) is 5. The quantitative estimate of drug-likeness (QED) is 0.212. The Balaban J connectivity index is -0.00000172. The van der Waals surface area contributed by atoms with Crippen molar-refractivity contribution in [3.05, 3.63) is 83.6 Å². The highest BCUT2D eigenvalue weighted by atomic mass is 16.1. The number of carbonyl (C=O) groups is 2. The van der Waals surface area contributed by atoms with Crippen molar-refractivity contribution >= 4 is 31.1 Å². The van der Waals surface area contributed by atoms with Gasteiger partial charge in [-0.15, -0.1) is 0 Å². The van der Waals surface area contributed by atoms with E-state index in [1.54, 1.807) is 0 Å². The third-order valence-corrected chi connectivity index (χ3v) is 8.32. The second kappa shape index (κ2) is 22.1. The second-order valence-corrected chi connectivity index (χ2v) is 11.4. The van der Waals surface area contributed by atoms with Gasteiger partial charge in [-0.1, -0.05) is 91.0 Å². The number of aliphatic imine (C=N–C) groups is 1. The molecule has 2 fully saturated rings. The van der Waals surface area contributed by atoms with Crippen LogP contribution in [0.25, 0.3) is 11.3 Å². The Bertz CT molecular complexity index is 1140. The molecule has 1 N–H and O–H groups in total. The lowest BCUT2D eigenvalue weighted by Crippen LogP contribution is -2.49. The molecule has 1 aromatic rings. The highest BCUT2D eigenvalue weighted by Crippen LogP contribution is 2.63. The summed E-state index contributed by atoms with van der Waals surface area (Å²) in [5.41, 5.74) is 8.06. The number of dihydropyridines is 1. The normalized spacial score (nSPS) is 23.5. The lowest BCUT2D eigenvalue weighted by molar-refractivity contribution is -0.0987. The van der Waals surface area contributed by atoms with Gasteiger partial charge in [0.25, 0.3) is 0 Å². The molecule has 0 bridgehead atoms. The van der Waals surface area contributed by atoms with Crippen LogP contribution >= 0.6 is 0 Å². The van der Waals surface area contributed by atoms with Gasteiger partial charge in [0.05, 0.1) is 6.04 Å². The largest absolute Gasteiger partial charge is 0.383 e. The molecular formula is C39H65N3O2. The minimum Gasteiger partial charge on any atom is -0.383 e.